The Bertz CT molecular complexity index is 1410. The molecule has 1 fully saturated rings. The SMILES string of the molecule is CC/C=C\C/C=C\C/C=C\C/C=C\C/C=C\C/C=C\CCCCCOCC(COP(=O)(O)OC1C(O)C(O)C(O)C(O)C1O)OC(=O)CCCCCCCCC/C=C\CCCCCCCC. The van der Waals surface area contributed by atoms with Crippen LogP contribution in [-0.4, -0.2) is 98.9 Å². The zero-order valence-electron chi connectivity index (χ0n) is 40.7. The Labute approximate surface area is 399 Å². The van der Waals surface area contributed by atoms with Crippen LogP contribution in [0.1, 0.15) is 181 Å². The lowest BCUT2D eigenvalue weighted by molar-refractivity contribution is -0.220. The molecule has 1 saturated carbocycles. The van der Waals surface area contributed by atoms with Gasteiger partial charge in [-0.2, -0.15) is 0 Å². The number of unbranched alkanes of at least 4 members (excludes halogenated alkanes) is 16. The summed E-state index contributed by atoms with van der Waals surface area (Å²) in [6.45, 7) is 4.06. The van der Waals surface area contributed by atoms with Gasteiger partial charge in [-0.1, -0.05) is 170 Å². The van der Waals surface area contributed by atoms with E-state index in [2.05, 4.69) is 98.9 Å². The maximum Gasteiger partial charge on any atom is 0.472 e. The monoisotopic (exact) mass is 951 g/mol. The van der Waals surface area contributed by atoms with E-state index < -0.39 is 63.1 Å². The van der Waals surface area contributed by atoms with Crippen molar-refractivity contribution in [2.24, 2.45) is 0 Å². The molecule has 6 unspecified atom stereocenters. The highest BCUT2D eigenvalue weighted by Gasteiger charge is 2.51. The maximum absolute atomic E-state index is 12.8. The molecule has 1 rings (SSSR count). The zero-order chi connectivity index (χ0) is 48.4. The average molecular weight is 951 g/mol. The summed E-state index contributed by atoms with van der Waals surface area (Å²) in [5.74, 6) is -0.497. The molecule has 6 N–H and O–H groups in total. The number of aliphatic hydroxyl groups excluding tert-OH is 5. The van der Waals surface area contributed by atoms with Crippen LogP contribution in [0.2, 0.25) is 0 Å². The van der Waals surface area contributed by atoms with Gasteiger partial charge in [0.05, 0.1) is 13.2 Å². The van der Waals surface area contributed by atoms with Crippen molar-refractivity contribution in [3.8, 4) is 0 Å². The van der Waals surface area contributed by atoms with Gasteiger partial charge >= 0.3 is 13.8 Å². The minimum absolute atomic E-state index is 0.106. The molecule has 0 heterocycles. The fraction of sp³-hybridized carbons (Fsp3) is 0.717. The largest absolute Gasteiger partial charge is 0.472 e. The molecule has 0 saturated heterocycles. The molecule has 0 bridgehead atoms. The van der Waals surface area contributed by atoms with Crippen molar-refractivity contribution < 1.29 is 58.3 Å². The number of rotatable bonds is 42. The van der Waals surface area contributed by atoms with Crippen LogP contribution in [0.15, 0.2) is 85.1 Å². The minimum atomic E-state index is -5.04. The molecule has 0 amide bonds. The van der Waals surface area contributed by atoms with E-state index in [1.165, 1.54) is 57.8 Å². The highest BCUT2D eigenvalue weighted by atomic mass is 31.2. The lowest BCUT2D eigenvalue weighted by atomic mass is 9.85. The van der Waals surface area contributed by atoms with Gasteiger partial charge in [-0.25, -0.2) is 4.57 Å². The van der Waals surface area contributed by atoms with Crippen LogP contribution in [0.4, 0.5) is 0 Å². The molecular weight excluding hydrogens is 860 g/mol. The van der Waals surface area contributed by atoms with Gasteiger partial charge in [0.15, 0.2) is 0 Å². The molecular formula is C53H91O12P. The molecule has 0 radical (unpaired) electrons. The Morgan fingerprint density at radius 1 is 0.500 bits per heavy atom. The molecule has 6 atom stereocenters. The first kappa shape index (κ1) is 61.5. The molecule has 0 aromatic heterocycles. The van der Waals surface area contributed by atoms with Gasteiger partial charge in [-0.05, 0) is 89.9 Å². The van der Waals surface area contributed by atoms with Crippen LogP contribution >= 0.6 is 7.82 Å². The van der Waals surface area contributed by atoms with Crippen LogP contribution in [-0.2, 0) is 27.9 Å². The third-order valence-electron chi connectivity index (χ3n) is 11.3. The summed E-state index contributed by atoms with van der Waals surface area (Å²) in [5, 5.41) is 50.3. The lowest BCUT2D eigenvalue weighted by Crippen LogP contribution is -2.64. The van der Waals surface area contributed by atoms with E-state index in [1.54, 1.807) is 0 Å². The quantitative estimate of drug-likeness (QED) is 0.0147. The molecule has 0 aliphatic heterocycles. The van der Waals surface area contributed by atoms with Crippen LogP contribution < -0.4 is 0 Å². The zero-order valence-corrected chi connectivity index (χ0v) is 41.6. The Hall–Kier alpha value is -2.48. The number of hydrogen-bond acceptors (Lipinski definition) is 11. The number of ether oxygens (including phenoxy) is 2. The van der Waals surface area contributed by atoms with Crippen molar-refractivity contribution in [2.45, 2.75) is 224 Å². The first-order chi connectivity index (χ1) is 32.0. The van der Waals surface area contributed by atoms with Gasteiger partial charge in [-0.3, -0.25) is 13.8 Å². The molecule has 380 valence electrons. The average Bonchev–Trinajstić information content (AvgIpc) is 3.30. The summed E-state index contributed by atoms with van der Waals surface area (Å²) in [6.07, 6.45) is 45.0. The molecule has 0 aromatic carbocycles. The number of aliphatic hydroxyl groups is 5. The Morgan fingerprint density at radius 2 is 0.894 bits per heavy atom. The van der Waals surface area contributed by atoms with E-state index >= 15 is 0 Å². The van der Waals surface area contributed by atoms with E-state index in [9.17, 15) is 39.8 Å². The van der Waals surface area contributed by atoms with E-state index in [-0.39, 0.29) is 13.0 Å². The maximum atomic E-state index is 12.8. The number of hydrogen-bond donors (Lipinski definition) is 6. The fourth-order valence-electron chi connectivity index (χ4n) is 7.24. The normalized spacial score (nSPS) is 22.1. The molecule has 0 spiro atoms. The molecule has 1 aliphatic carbocycles. The smallest absolute Gasteiger partial charge is 0.457 e. The van der Waals surface area contributed by atoms with Gasteiger partial charge < -0.3 is 39.9 Å². The third kappa shape index (κ3) is 33.9. The predicted octanol–water partition coefficient (Wildman–Crippen LogP) is 11.3. The van der Waals surface area contributed by atoms with Gasteiger partial charge in [-0.15, -0.1) is 0 Å². The number of esters is 1. The van der Waals surface area contributed by atoms with Crippen molar-refractivity contribution in [1.82, 2.24) is 0 Å². The van der Waals surface area contributed by atoms with E-state index in [1.807, 2.05) is 0 Å². The summed E-state index contributed by atoms with van der Waals surface area (Å²) in [6, 6.07) is 0. The number of phosphoric ester groups is 1. The lowest BCUT2D eigenvalue weighted by Gasteiger charge is -2.41. The number of carbonyl (C=O) groups excluding carboxylic acids is 1. The van der Waals surface area contributed by atoms with Gasteiger partial charge in [0.25, 0.3) is 0 Å². The number of allylic oxidation sites excluding steroid dienone is 14. The molecule has 12 nitrogen and oxygen atoms in total. The topological polar surface area (TPSA) is 192 Å². The second-order valence-corrected chi connectivity index (χ2v) is 18.7. The Kier molecular flexibility index (Phi) is 39.7. The van der Waals surface area contributed by atoms with Crippen molar-refractivity contribution in [1.29, 1.82) is 0 Å². The van der Waals surface area contributed by atoms with Crippen molar-refractivity contribution in [3.05, 3.63) is 85.1 Å². The van der Waals surface area contributed by atoms with Crippen LogP contribution in [0.5, 0.6) is 0 Å². The first-order valence-electron chi connectivity index (χ1n) is 25.4. The Balaban J connectivity index is 2.39. The first-order valence-corrected chi connectivity index (χ1v) is 26.9. The van der Waals surface area contributed by atoms with Crippen LogP contribution in [0, 0.1) is 0 Å². The third-order valence-corrected chi connectivity index (χ3v) is 12.2. The highest BCUT2D eigenvalue weighted by molar-refractivity contribution is 7.47. The minimum Gasteiger partial charge on any atom is -0.457 e. The predicted molar refractivity (Wildman–Crippen MR) is 267 cm³/mol. The highest BCUT2D eigenvalue weighted by Crippen LogP contribution is 2.47. The van der Waals surface area contributed by atoms with Crippen molar-refractivity contribution in [2.75, 3.05) is 19.8 Å². The van der Waals surface area contributed by atoms with Crippen LogP contribution in [0.25, 0.3) is 0 Å². The van der Waals surface area contributed by atoms with Gasteiger partial charge in [0, 0.05) is 13.0 Å². The van der Waals surface area contributed by atoms with Crippen molar-refractivity contribution in [3.63, 3.8) is 0 Å². The van der Waals surface area contributed by atoms with E-state index in [0.29, 0.717) is 13.0 Å². The number of phosphoric acid groups is 1. The summed E-state index contributed by atoms with van der Waals surface area (Å²) in [7, 11) is -5.04. The summed E-state index contributed by atoms with van der Waals surface area (Å²) < 4.78 is 34.2. The standard InChI is InChI=1S/C53H91O12P/c1-3-5-7-9-11-13-15-17-19-21-22-23-24-25-27-29-31-33-35-37-39-41-43-62-44-46(45-63-66(60,61)65-53-51(58)49(56)48(55)50(57)52(53)59)64-47(54)42-40-38-36-34-32-30-28-26-20-18-16-14-12-10-8-6-4-2/h5,7,11,13,17-20,22-23,25,27,31,33,46,48-53,55-59H,3-4,6,8-10,12,14-16,21,24,26,28-30,32,34-45H2,1-2H3,(H,60,61)/b7-5-,13-11-,19-17-,20-18-,23-22-,27-25-,33-31-. The second-order valence-electron chi connectivity index (χ2n) is 17.3. The summed E-state index contributed by atoms with van der Waals surface area (Å²) in [4.78, 5) is 23.2. The molecule has 1 aliphatic rings. The van der Waals surface area contributed by atoms with Gasteiger partial charge in [0.2, 0.25) is 0 Å². The van der Waals surface area contributed by atoms with Crippen LogP contribution in [0.3, 0.4) is 0 Å². The van der Waals surface area contributed by atoms with E-state index in [0.717, 1.165) is 96.3 Å². The molecule has 66 heavy (non-hydrogen) atoms. The van der Waals surface area contributed by atoms with Crippen molar-refractivity contribution >= 4 is 13.8 Å². The van der Waals surface area contributed by atoms with Gasteiger partial charge in [0.1, 0.15) is 42.7 Å². The number of carbonyl (C=O) groups is 1. The second kappa shape index (κ2) is 42.6. The fourth-order valence-corrected chi connectivity index (χ4v) is 8.21. The molecule has 13 heteroatoms. The van der Waals surface area contributed by atoms with E-state index in [4.69, 9.17) is 18.5 Å². The summed E-state index contributed by atoms with van der Waals surface area (Å²) in [5.41, 5.74) is 0. The Morgan fingerprint density at radius 3 is 1.38 bits per heavy atom. The molecule has 0 aromatic rings. The summed E-state index contributed by atoms with van der Waals surface area (Å²) >= 11 is 0.